The fourth-order valence-electron chi connectivity index (χ4n) is 3.16. The lowest BCUT2D eigenvalue weighted by atomic mass is 9.84. The molecule has 2 rings (SSSR count). The van der Waals surface area contributed by atoms with Crippen LogP contribution < -0.4 is 0 Å². The molecule has 0 radical (unpaired) electrons. The van der Waals surface area contributed by atoms with Crippen molar-refractivity contribution in [1.82, 2.24) is 0 Å². The molecule has 0 bridgehead atoms. The maximum atomic E-state index is 11.8. The van der Waals surface area contributed by atoms with E-state index in [9.17, 15) is 9.59 Å². The van der Waals surface area contributed by atoms with Crippen molar-refractivity contribution in [1.29, 1.82) is 0 Å². The lowest BCUT2D eigenvalue weighted by Gasteiger charge is -2.24. The molecule has 0 aromatic heterocycles. The zero-order valence-corrected chi connectivity index (χ0v) is 14.9. The van der Waals surface area contributed by atoms with Gasteiger partial charge in [0.05, 0.1) is 33.4 Å². The molecule has 0 unspecified atom stereocenters. The largest absolute Gasteiger partial charge is 0.469 e. The zero-order valence-electron chi connectivity index (χ0n) is 14.9. The van der Waals surface area contributed by atoms with Gasteiger partial charge in [0.15, 0.2) is 0 Å². The van der Waals surface area contributed by atoms with Crippen LogP contribution in [-0.4, -0.2) is 32.3 Å². The molecular formula is C20H26O5. The van der Waals surface area contributed by atoms with E-state index in [1.165, 1.54) is 7.11 Å². The number of rotatable bonds is 9. The number of methoxy groups -OCH3 is 1. The molecule has 5 nitrogen and oxygen atoms in total. The van der Waals surface area contributed by atoms with Crippen LogP contribution in [0.3, 0.4) is 0 Å². The van der Waals surface area contributed by atoms with Gasteiger partial charge in [-0.1, -0.05) is 42.5 Å². The third kappa shape index (κ3) is 6.02. The van der Waals surface area contributed by atoms with Crippen LogP contribution in [0.4, 0.5) is 0 Å². The van der Waals surface area contributed by atoms with Gasteiger partial charge in [0.1, 0.15) is 0 Å². The Balaban J connectivity index is 1.92. The van der Waals surface area contributed by atoms with Crippen LogP contribution in [0.2, 0.25) is 0 Å². The van der Waals surface area contributed by atoms with Crippen LogP contribution >= 0.6 is 0 Å². The zero-order chi connectivity index (χ0) is 18.1. The second-order valence-corrected chi connectivity index (χ2v) is 6.17. The molecule has 0 saturated heterocycles. The predicted molar refractivity (Wildman–Crippen MR) is 93.6 cm³/mol. The molecule has 1 aromatic rings. The van der Waals surface area contributed by atoms with Crippen molar-refractivity contribution in [2.45, 2.75) is 26.4 Å². The quantitative estimate of drug-likeness (QED) is 0.508. The molecule has 25 heavy (non-hydrogen) atoms. The van der Waals surface area contributed by atoms with E-state index in [2.05, 4.69) is 0 Å². The van der Waals surface area contributed by atoms with E-state index in [0.29, 0.717) is 19.8 Å². The number of ether oxygens (including phenoxy) is 3. The SMILES string of the molecule is CCOC(=O)C[C@@H]1C=C[C@@H](COCc2ccccc2)[C@@H]1CC(=O)OC. The van der Waals surface area contributed by atoms with Crippen molar-refractivity contribution >= 4 is 11.9 Å². The molecular weight excluding hydrogens is 320 g/mol. The normalized spacial score (nSPS) is 21.9. The minimum Gasteiger partial charge on any atom is -0.469 e. The van der Waals surface area contributed by atoms with E-state index >= 15 is 0 Å². The standard InChI is InChI=1S/C20H26O5/c1-3-25-20(22)11-16-9-10-17(18(16)12-19(21)23-2)14-24-13-15-7-5-4-6-8-15/h4-10,16-18H,3,11-14H2,1-2H3/t16-,17-,18+/m0/s1. The van der Waals surface area contributed by atoms with E-state index < -0.39 is 0 Å². The molecule has 136 valence electrons. The number of allylic oxidation sites excluding steroid dienone is 1. The maximum absolute atomic E-state index is 11.8. The van der Waals surface area contributed by atoms with Gasteiger partial charge in [-0.25, -0.2) is 0 Å². The summed E-state index contributed by atoms with van der Waals surface area (Å²) in [6.45, 7) is 3.18. The van der Waals surface area contributed by atoms with Crippen molar-refractivity contribution in [3.05, 3.63) is 48.0 Å². The highest BCUT2D eigenvalue weighted by Gasteiger charge is 2.35. The Morgan fingerprint density at radius 3 is 2.40 bits per heavy atom. The van der Waals surface area contributed by atoms with Crippen molar-refractivity contribution in [2.75, 3.05) is 20.3 Å². The second kappa shape index (κ2) is 9.99. The van der Waals surface area contributed by atoms with Crippen molar-refractivity contribution < 1.29 is 23.8 Å². The number of hydrogen-bond donors (Lipinski definition) is 0. The van der Waals surface area contributed by atoms with Crippen LogP contribution in [0.25, 0.3) is 0 Å². The van der Waals surface area contributed by atoms with Gasteiger partial charge in [-0.05, 0) is 24.3 Å². The summed E-state index contributed by atoms with van der Waals surface area (Å²) in [5.41, 5.74) is 1.11. The van der Waals surface area contributed by atoms with Crippen molar-refractivity contribution in [3.63, 3.8) is 0 Å². The summed E-state index contributed by atoms with van der Waals surface area (Å²) in [4.78, 5) is 23.6. The second-order valence-electron chi connectivity index (χ2n) is 6.17. The van der Waals surface area contributed by atoms with Gasteiger partial charge >= 0.3 is 11.9 Å². The molecule has 0 heterocycles. The minimum atomic E-state index is -0.268. The summed E-state index contributed by atoms with van der Waals surface area (Å²) in [5, 5.41) is 0. The molecule has 0 fully saturated rings. The first kappa shape index (κ1) is 19.2. The highest BCUT2D eigenvalue weighted by Crippen LogP contribution is 2.36. The average molecular weight is 346 g/mol. The smallest absolute Gasteiger partial charge is 0.306 e. The number of carbonyl (C=O) groups excluding carboxylic acids is 2. The number of esters is 2. The summed E-state index contributed by atoms with van der Waals surface area (Å²) >= 11 is 0. The van der Waals surface area contributed by atoms with Crippen LogP contribution in [-0.2, 0) is 30.4 Å². The monoisotopic (exact) mass is 346 g/mol. The maximum Gasteiger partial charge on any atom is 0.306 e. The highest BCUT2D eigenvalue weighted by atomic mass is 16.5. The van der Waals surface area contributed by atoms with Gasteiger partial charge in [0.2, 0.25) is 0 Å². The van der Waals surface area contributed by atoms with Gasteiger partial charge in [0.25, 0.3) is 0 Å². The van der Waals surface area contributed by atoms with Crippen LogP contribution in [0, 0.1) is 17.8 Å². The molecule has 1 aliphatic carbocycles. The van der Waals surface area contributed by atoms with Gasteiger partial charge in [0, 0.05) is 12.3 Å². The first-order chi connectivity index (χ1) is 12.1. The van der Waals surface area contributed by atoms with Crippen LogP contribution in [0.5, 0.6) is 0 Å². The van der Waals surface area contributed by atoms with E-state index in [-0.39, 0.29) is 42.5 Å². The third-order valence-electron chi connectivity index (χ3n) is 4.46. The van der Waals surface area contributed by atoms with Crippen LogP contribution in [0.15, 0.2) is 42.5 Å². The summed E-state index contributed by atoms with van der Waals surface area (Å²) in [7, 11) is 1.38. The van der Waals surface area contributed by atoms with E-state index in [0.717, 1.165) is 5.56 Å². The molecule has 1 aliphatic rings. The molecule has 0 saturated carbocycles. The van der Waals surface area contributed by atoms with Gasteiger partial charge in [-0.2, -0.15) is 0 Å². The molecule has 0 amide bonds. The molecule has 0 spiro atoms. The number of carbonyl (C=O) groups is 2. The minimum absolute atomic E-state index is 0.00682. The lowest BCUT2D eigenvalue weighted by Crippen LogP contribution is -2.25. The van der Waals surface area contributed by atoms with E-state index in [1.807, 2.05) is 42.5 Å². The highest BCUT2D eigenvalue weighted by molar-refractivity contribution is 5.71. The van der Waals surface area contributed by atoms with E-state index in [4.69, 9.17) is 14.2 Å². The Labute approximate surface area is 149 Å². The molecule has 3 atom stereocenters. The third-order valence-corrected chi connectivity index (χ3v) is 4.46. The Bertz CT molecular complexity index is 581. The van der Waals surface area contributed by atoms with Gasteiger partial charge in [-0.15, -0.1) is 0 Å². The van der Waals surface area contributed by atoms with Gasteiger partial charge in [-0.3, -0.25) is 9.59 Å². The summed E-state index contributed by atoms with van der Waals surface area (Å²) in [6, 6.07) is 9.95. The fraction of sp³-hybridized carbons (Fsp3) is 0.500. The molecule has 0 aliphatic heterocycles. The Morgan fingerprint density at radius 2 is 1.72 bits per heavy atom. The first-order valence-electron chi connectivity index (χ1n) is 8.66. The first-order valence-corrected chi connectivity index (χ1v) is 8.66. The van der Waals surface area contributed by atoms with Crippen molar-refractivity contribution in [2.24, 2.45) is 17.8 Å². The van der Waals surface area contributed by atoms with Crippen LogP contribution in [0.1, 0.15) is 25.3 Å². The van der Waals surface area contributed by atoms with Crippen molar-refractivity contribution in [3.8, 4) is 0 Å². The Morgan fingerprint density at radius 1 is 1.00 bits per heavy atom. The summed E-state index contributed by atoms with van der Waals surface area (Å²) < 4.78 is 15.7. The summed E-state index contributed by atoms with van der Waals surface area (Å²) in [6.07, 6.45) is 4.59. The Kier molecular flexibility index (Phi) is 7.67. The molecule has 1 aromatic carbocycles. The number of hydrogen-bond acceptors (Lipinski definition) is 5. The lowest BCUT2D eigenvalue weighted by molar-refractivity contribution is -0.146. The van der Waals surface area contributed by atoms with Gasteiger partial charge < -0.3 is 14.2 Å². The average Bonchev–Trinajstić information content (AvgIpc) is 2.97. The van der Waals surface area contributed by atoms with E-state index in [1.54, 1.807) is 6.92 Å². The topological polar surface area (TPSA) is 61.8 Å². The Hall–Kier alpha value is -2.14. The summed E-state index contributed by atoms with van der Waals surface area (Å²) in [5.74, 6) is -0.452. The fourth-order valence-corrected chi connectivity index (χ4v) is 3.16. The predicted octanol–water partition coefficient (Wildman–Crippen LogP) is 3.14. The molecule has 0 N–H and O–H groups in total. The molecule has 5 heteroatoms. The number of benzene rings is 1.